The van der Waals surface area contributed by atoms with E-state index in [0.29, 0.717) is 12.1 Å². The second-order valence-corrected chi connectivity index (χ2v) is 4.64. The van der Waals surface area contributed by atoms with Crippen LogP contribution in [0.25, 0.3) is 0 Å². The van der Waals surface area contributed by atoms with Gasteiger partial charge < -0.3 is 10.4 Å². The van der Waals surface area contributed by atoms with E-state index in [9.17, 15) is 5.11 Å². The highest BCUT2D eigenvalue weighted by Crippen LogP contribution is 2.11. The molecule has 0 spiro atoms. The van der Waals surface area contributed by atoms with Gasteiger partial charge in [-0.15, -0.1) is 0 Å². The van der Waals surface area contributed by atoms with Crippen LogP contribution < -0.4 is 5.32 Å². The monoisotopic (exact) mass is 267 g/mol. The van der Waals surface area contributed by atoms with Gasteiger partial charge in [-0.05, 0) is 42.8 Å². The topological polar surface area (TPSA) is 68.9 Å². The summed E-state index contributed by atoms with van der Waals surface area (Å²) in [4.78, 5) is 4.27. The van der Waals surface area contributed by atoms with Crippen LogP contribution >= 0.6 is 0 Å². The summed E-state index contributed by atoms with van der Waals surface area (Å²) in [6.45, 7) is 0.777. The van der Waals surface area contributed by atoms with Gasteiger partial charge in [-0.1, -0.05) is 6.07 Å². The SMILES string of the molecule is N#Cc1ccc(NCC(CO)Cc2ccccn2)cc1. The minimum Gasteiger partial charge on any atom is -0.396 e. The fraction of sp³-hybridized carbons (Fsp3) is 0.250. The summed E-state index contributed by atoms with van der Waals surface area (Å²) in [5, 5.41) is 21.4. The van der Waals surface area contributed by atoms with E-state index in [1.165, 1.54) is 0 Å². The molecule has 0 aliphatic heterocycles. The maximum Gasteiger partial charge on any atom is 0.0991 e. The van der Waals surface area contributed by atoms with Crippen LogP contribution in [0, 0.1) is 17.2 Å². The van der Waals surface area contributed by atoms with Crippen molar-refractivity contribution < 1.29 is 5.11 Å². The Morgan fingerprint density at radius 2 is 2.00 bits per heavy atom. The number of nitrogens with one attached hydrogen (secondary N) is 1. The Bertz CT molecular complexity index is 561. The molecular formula is C16H17N3O. The molecule has 0 radical (unpaired) electrons. The molecule has 20 heavy (non-hydrogen) atoms. The zero-order valence-corrected chi connectivity index (χ0v) is 11.2. The zero-order chi connectivity index (χ0) is 14.2. The molecule has 4 nitrogen and oxygen atoms in total. The van der Waals surface area contributed by atoms with Crippen LogP contribution in [0.3, 0.4) is 0 Å². The molecule has 0 saturated carbocycles. The molecule has 4 heteroatoms. The molecule has 0 aliphatic carbocycles. The number of anilines is 1. The Labute approximate surface area is 118 Å². The molecule has 2 aromatic rings. The minimum absolute atomic E-state index is 0.111. The van der Waals surface area contributed by atoms with Gasteiger partial charge in [0.1, 0.15) is 0 Å². The Kier molecular flexibility index (Phi) is 5.10. The predicted molar refractivity (Wildman–Crippen MR) is 78.2 cm³/mol. The van der Waals surface area contributed by atoms with Gasteiger partial charge in [-0.25, -0.2) is 0 Å². The van der Waals surface area contributed by atoms with Gasteiger partial charge in [0.15, 0.2) is 0 Å². The normalized spacial score (nSPS) is 11.6. The number of aliphatic hydroxyl groups excluding tert-OH is 1. The first-order valence-electron chi connectivity index (χ1n) is 6.56. The Morgan fingerprint density at radius 3 is 2.60 bits per heavy atom. The third kappa shape index (κ3) is 4.08. The predicted octanol–water partition coefficient (Wildman–Crippen LogP) is 2.22. The van der Waals surface area contributed by atoms with Crippen molar-refractivity contribution >= 4 is 5.69 Å². The van der Waals surface area contributed by atoms with Gasteiger partial charge in [0.05, 0.1) is 11.6 Å². The van der Waals surface area contributed by atoms with E-state index in [1.54, 1.807) is 18.3 Å². The van der Waals surface area contributed by atoms with Crippen molar-refractivity contribution in [3.63, 3.8) is 0 Å². The zero-order valence-electron chi connectivity index (χ0n) is 11.2. The van der Waals surface area contributed by atoms with Crippen LogP contribution in [0.1, 0.15) is 11.3 Å². The number of rotatable bonds is 6. The van der Waals surface area contributed by atoms with Crippen molar-refractivity contribution in [3.8, 4) is 6.07 Å². The number of pyridine rings is 1. The fourth-order valence-electron chi connectivity index (χ4n) is 1.94. The molecule has 0 aliphatic rings. The van der Waals surface area contributed by atoms with Crippen LogP contribution in [-0.4, -0.2) is 23.2 Å². The van der Waals surface area contributed by atoms with E-state index in [2.05, 4.69) is 16.4 Å². The van der Waals surface area contributed by atoms with Gasteiger partial charge in [0.2, 0.25) is 0 Å². The quantitative estimate of drug-likeness (QED) is 0.842. The fourth-order valence-corrected chi connectivity index (χ4v) is 1.94. The number of nitriles is 1. The van der Waals surface area contributed by atoms with Crippen LogP contribution in [-0.2, 0) is 6.42 Å². The average Bonchev–Trinajstić information content (AvgIpc) is 2.53. The first-order chi connectivity index (χ1) is 9.81. The van der Waals surface area contributed by atoms with E-state index >= 15 is 0 Å². The molecule has 0 saturated heterocycles. The average molecular weight is 267 g/mol. The standard InChI is InChI=1S/C16H17N3O/c17-10-13-4-6-15(7-5-13)19-11-14(12-20)9-16-3-1-2-8-18-16/h1-8,14,19-20H,9,11-12H2. The van der Waals surface area contributed by atoms with Gasteiger partial charge in [0.25, 0.3) is 0 Å². The Balaban J connectivity index is 1.88. The van der Waals surface area contributed by atoms with Crippen LogP contribution in [0.5, 0.6) is 0 Å². The number of nitrogens with zero attached hydrogens (tertiary/aromatic N) is 2. The highest BCUT2D eigenvalue weighted by atomic mass is 16.3. The molecule has 0 fully saturated rings. The molecule has 1 atom stereocenters. The van der Waals surface area contributed by atoms with Crippen molar-refractivity contribution in [1.82, 2.24) is 4.98 Å². The second kappa shape index (κ2) is 7.27. The number of aliphatic hydroxyl groups is 1. The molecular weight excluding hydrogens is 250 g/mol. The van der Waals surface area contributed by atoms with E-state index in [4.69, 9.17) is 5.26 Å². The molecule has 1 heterocycles. The third-order valence-electron chi connectivity index (χ3n) is 3.09. The molecule has 1 aromatic carbocycles. The van der Waals surface area contributed by atoms with Gasteiger partial charge >= 0.3 is 0 Å². The van der Waals surface area contributed by atoms with Crippen LogP contribution in [0.2, 0.25) is 0 Å². The molecule has 0 bridgehead atoms. The molecule has 1 aromatic heterocycles. The highest BCUT2D eigenvalue weighted by molar-refractivity contribution is 5.47. The minimum atomic E-state index is 0.111. The number of hydrogen-bond acceptors (Lipinski definition) is 4. The van der Waals surface area contributed by atoms with E-state index in [-0.39, 0.29) is 12.5 Å². The lowest BCUT2D eigenvalue weighted by atomic mass is 10.0. The van der Waals surface area contributed by atoms with Gasteiger partial charge in [-0.3, -0.25) is 4.98 Å². The molecule has 102 valence electrons. The smallest absolute Gasteiger partial charge is 0.0991 e. The Hall–Kier alpha value is -2.38. The summed E-state index contributed by atoms with van der Waals surface area (Å²) in [5.74, 6) is 0.112. The van der Waals surface area contributed by atoms with Gasteiger partial charge in [0, 0.05) is 36.6 Å². The number of benzene rings is 1. The van der Waals surface area contributed by atoms with E-state index in [0.717, 1.165) is 17.8 Å². The van der Waals surface area contributed by atoms with Crippen LogP contribution in [0.4, 0.5) is 5.69 Å². The van der Waals surface area contributed by atoms with Crippen molar-refractivity contribution in [2.75, 3.05) is 18.5 Å². The lowest BCUT2D eigenvalue weighted by Crippen LogP contribution is -2.20. The number of aromatic nitrogens is 1. The molecule has 1 unspecified atom stereocenters. The number of hydrogen-bond donors (Lipinski definition) is 2. The van der Waals surface area contributed by atoms with Crippen molar-refractivity contribution in [3.05, 3.63) is 59.9 Å². The maximum atomic E-state index is 9.44. The second-order valence-electron chi connectivity index (χ2n) is 4.64. The lowest BCUT2D eigenvalue weighted by molar-refractivity contribution is 0.232. The highest BCUT2D eigenvalue weighted by Gasteiger charge is 2.09. The first kappa shape index (κ1) is 14.0. The van der Waals surface area contributed by atoms with Gasteiger partial charge in [-0.2, -0.15) is 5.26 Å². The summed E-state index contributed by atoms with van der Waals surface area (Å²) in [6, 6.07) is 15.2. The molecule has 0 amide bonds. The Morgan fingerprint density at radius 1 is 1.20 bits per heavy atom. The summed E-state index contributed by atoms with van der Waals surface area (Å²) in [5.41, 5.74) is 2.57. The molecule has 2 N–H and O–H groups in total. The summed E-state index contributed by atoms with van der Waals surface area (Å²) in [6.07, 6.45) is 2.50. The van der Waals surface area contributed by atoms with E-state index in [1.807, 2.05) is 30.3 Å². The summed E-state index contributed by atoms with van der Waals surface area (Å²) < 4.78 is 0. The van der Waals surface area contributed by atoms with Crippen molar-refractivity contribution in [2.24, 2.45) is 5.92 Å². The first-order valence-corrected chi connectivity index (χ1v) is 6.56. The summed E-state index contributed by atoms with van der Waals surface area (Å²) in [7, 11) is 0. The lowest BCUT2D eigenvalue weighted by Gasteiger charge is -2.15. The van der Waals surface area contributed by atoms with Crippen molar-refractivity contribution in [2.45, 2.75) is 6.42 Å². The summed E-state index contributed by atoms with van der Waals surface area (Å²) >= 11 is 0. The largest absolute Gasteiger partial charge is 0.396 e. The maximum absolute atomic E-state index is 9.44. The van der Waals surface area contributed by atoms with Crippen molar-refractivity contribution in [1.29, 1.82) is 5.26 Å². The van der Waals surface area contributed by atoms with Crippen LogP contribution in [0.15, 0.2) is 48.7 Å². The van der Waals surface area contributed by atoms with E-state index < -0.39 is 0 Å². The third-order valence-corrected chi connectivity index (χ3v) is 3.09. The molecule has 2 rings (SSSR count).